The van der Waals surface area contributed by atoms with Crippen LogP contribution in [-0.2, 0) is 47.7 Å². The predicted molar refractivity (Wildman–Crippen MR) is 488 cm³/mol. The molecule has 0 heterocycles. The lowest BCUT2D eigenvalue weighted by atomic mass is 9.32. The molecule has 0 radical (unpaired) electrons. The first-order valence-electron chi connectivity index (χ1n) is 48.7. The van der Waals surface area contributed by atoms with E-state index in [0.29, 0.717) is 81.5 Å². The molecule has 21 nitrogen and oxygen atoms in total. The Balaban J connectivity index is 0.000000194. The van der Waals surface area contributed by atoms with Gasteiger partial charge in [-0.15, -0.1) is 0 Å². The summed E-state index contributed by atoms with van der Waals surface area (Å²) in [5, 5.41) is 120. The first kappa shape index (κ1) is 107. The van der Waals surface area contributed by atoms with Gasteiger partial charge in [-0.25, -0.2) is 0 Å². The van der Waals surface area contributed by atoms with Gasteiger partial charge < -0.3 is 79.9 Å². The molecule has 17 atom stereocenters. The molecule has 0 aliphatic heterocycles. The summed E-state index contributed by atoms with van der Waals surface area (Å²) in [6, 6.07) is 0. The minimum atomic E-state index is -1.03. The minimum absolute atomic E-state index is 0.0432. The molecule has 14 bridgehead atoms. The quantitative estimate of drug-likeness (QED) is 0.0283. The highest BCUT2D eigenvalue weighted by Crippen LogP contribution is 2.79. The first-order chi connectivity index (χ1) is 55.6. The van der Waals surface area contributed by atoms with Crippen molar-refractivity contribution in [1.82, 2.24) is 0 Å². The van der Waals surface area contributed by atoms with Crippen LogP contribution in [0, 0.1) is 131 Å². The zero-order valence-corrected chi connectivity index (χ0v) is 85.5. The van der Waals surface area contributed by atoms with E-state index >= 15 is 0 Å². The molecule has 0 saturated heterocycles. The molecule has 0 aromatic carbocycles. The molecule has 14 aliphatic carbocycles. The SMILES string of the molecule is CCC(C)(C)C(=O)OC12CC3(C(C)(C)O)CC(C(C)(C)O)(C1)CC(C(C)(C)O)(C2)C3.CCC(C)(C)C(=O)OC12CC3CC(C(C)(C)O)(C1)CC(C(C)(C)O)(C3)C2.CCC(C)(C)C(=O)O[C@@H]1C[C@@H]2C[C@H]1[C@@H](C(C)(C)O)[C@@H]2C(C)(C)O.CCC(C)(C)C(=O)O[C@@H]1C[C@H]2C[C@@H]1[C@@H](C(C)(C)O)[C@H]2C(C)(C)O.CCC(C)(C)C(=O)O[C@H]1C[C@H]2C[C@@H]1[C@H](C(C)(C)O)[C@@H]2C(C)(C)O. The molecule has 0 aromatic rings. The van der Waals surface area contributed by atoms with E-state index in [1.807, 2.05) is 256 Å². The van der Waals surface area contributed by atoms with Gasteiger partial charge in [-0.2, -0.15) is 0 Å². The summed E-state index contributed by atoms with van der Waals surface area (Å²) in [6.07, 6.45) is 17.2. The summed E-state index contributed by atoms with van der Waals surface area (Å²) >= 11 is 0. The fraction of sp³-hybridized carbons (Fsp3) is 0.952. The van der Waals surface area contributed by atoms with Crippen molar-refractivity contribution in [2.75, 3.05) is 0 Å². The number of fused-ring (bicyclic) bond motifs is 6. The van der Waals surface area contributed by atoms with Crippen LogP contribution in [0.5, 0.6) is 0 Å². The van der Waals surface area contributed by atoms with E-state index in [4.69, 9.17) is 23.7 Å². The van der Waals surface area contributed by atoms with Gasteiger partial charge in [0.2, 0.25) is 0 Å². The van der Waals surface area contributed by atoms with Crippen molar-refractivity contribution in [3.8, 4) is 0 Å². The number of hydrogen-bond acceptors (Lipinski definition) is 21. The van der Waals surface area contributed by atoms with Crippen LogP contribution in [-0.4, -0.2) is 177 Å². The Bertz CT molecular complexity index is 3480. The molecule has 2 unspecified atom stereocenters. The second kappa shape index (κ2) is 34.1. The van der Waals surface area contributed by atoms with Crippen LogP contribution >= 0.6 is 0 Å². The monoisotopic (exact) mass is 1770 g/mol. The van der Waals surface area contributed by atoms with Crippen molar-refractivity contribution in [2.45, 2.75) is 495 Å². The fourth-order valence-corrected chi connectivity index (χ4v) is 28.0. The normalized spacial score (nSPS) is 36.9. The van der Waals surface area contributed by atoms with Crippen LogP contribution < -0.4 is 0 Å². The topological polar surface area (TPSA) is 354 Å². The highest BCUT2D eigenvalue weighted by Gasteiger charge is 2.78. The van der Waals surface area contributed by atoms with Gasteiger partial charge in [0, 0.05) is 44.8 Å². The van der Waals surface area contributed by atoms with Crippen molar-refractivity contribution in [2.24, 2.45) is 131 Å². The number of aliphatic hydroxyl groups is 11. The number of hydrogen-bond donors (Lipinski definition) is 11. The second-order valence-electron chi connectivity index (χ2n) is 53.2. The fourth-order valence-electron chi connectivity index (χ4n) is 28.0. The Morgan fingerprint density at radius 3 is 0.640 bits per heavy atom. The van der Waals surface area contributed by atoms with Crippen LogP contribution in [0.1, 0.15) is 404 Å². The van der Waals surface area contributed by atoms with Gasteiger partial charge in [0.05, 0.1) is 88.7 Å². The summed E-state index contributed by atoms with van der Waals surface area (Å²) in [7, 11) is 0. The van der Waals surface area contributed by atoms with Crippen molar-refractivity contribution in [1.29, 1.82) is 0 Å². The molecule has 14 aliphatic rings. The molecular formula is C104H184O21. The number of carbonyl (C=O) groups is 5. The lowest BCUT2D eigenvalue weighted by molar-refractivity contribution is -0.333. The number of ether oxygens (including phenoxy) is 5. The molecule has 14 saturated carbocycles. The molecule has 0 aromatic heterocycles. The van der Waals surface area contributed by atoms with Crippen LogP contribution in [0.2, 0.25) is 0 Å². The van der Waals surface area contributed by atoms with E-state index in [1.54, 1.807) is 0 Å². The van der Waals surface area contributed by atoms with E-state index in [-0.39, 0.29) is 112 Å². The highest BCUT2D eigenvalue weighted by molar-refractivity contribution is 5.78. The van der Waals surface area contributed by atoms with Gasteiger partial charge in [-0.05, 0) is 428 Å². The predicted octanol–water partition coefficient (Wildman–Crippen LogP) is 18.0. The van der Waals surface area contributed by atoms with E-state index in [9.17, 15) is 80.1 Å². The molecule has 11 N–H and O–H groups in total. The molecule has 21 heteroatoms. The molecule has 0 spiro atoms. The van der Waals surface area contributed by atoms with Gasteiger partial charge in [-0.1, -0.05) is 34.6 Å². The third-order valence-corrected chi connectivity index (χ3v) is 36.8. The summed E-state index contributed by atoms with van der Waals surface area (Å²) in [4.78, 5) is 63.5. The molecule has 125 heavy (non-hydrogen) atoms. The van der Waals surface area contributed by atoms with Gasteiger partial charge in [0.1, 0.15) is 29.5 Å². The first-order valence-corrected chi connectivity index (χ1v) is 48.7. The van der Waals surface area contributed by atoms with E-state index in [0.717, 1.165) is 89.9 Å². The van der Waals surface area contributed by atoms with Crippen LogP contribution in [0.25, 0.3) is 0 Å². The summed E-state index contributed by atoms with van der Waals surface area (Å²) < 4.78 is 30.2. The Labute approximate surface area is 755 Å². The average molecular weight is 1770 g/mol. The summed E-state index contributed by atoms with van der Waals surface area (Å²) in [6.45, 7) is 69.6. The van der Waals surface area contributed by atoms with Crippen molar-refractivity contribution in [3.63, 3.8) is 0 Å². The highest BCUT2D eigenvalue weighted by atomic mass is 16.6. The summed E-state index contributed by atoms with van der Waals surface area (Å²) in [5.41, 5.74) is -16.1. The standard InChI is InChI=1S/C25H44O5.C22H38O4.3C19H34O4/c1-10-18(2,3)17(26)30-25-14-22(19(4,5)27)11-23(15-25,20(6,7)28)13-24(12-22,16-25)21(8,9)29;1-8-17(2,3)16(23)26-22-11-15-9-20(13-22,18(4,5)24)12-21(10-15,14-22)19(6,7)25;3*1-8-17(2,3)16(20)23-13-10-11-9-12(13)15(19(6,7)22)14(11)18(4,5)21/h27-29H,10-16H2,1-9H3;15,24-25H,8-14H2,1-7H3;3*11-15,21-22H,8-10H2,1-7H3/t;;11-,12+,13+,14+,15+;11-,12+,13+,14-,15+;11-,12+,13-,14+,15-/m..011/s1. The zero-order valence-electron chi connectivity index (χ0n) is 85.5. The van der Waals surface area contributed by atoms with Gasteiger partial charge in [0.15, 0.2) is 0 Å². The van der Waals surface area contributed by atoms with Crippen molar-refractivity contribution < 1.29 is 104 Å². The number of carbonyl (C=O) groups excluding carboxylic acids is 5. The Morgan fingerprint density at radius 2 is 0.440 bits per heavy atom. The van der Waals surface area contributed by atoms with Gasteiger partial charge >= 0.3 is 29.8 Å². The lowest BCUT2D eigenvalue weighted by Crippen LogP contribution is -2.75. The molecule has 726 valence electrons. The van der Waals surface area contributed by atoms with Gasteiger partial charge in [0.25, 0.3) is 0 Å². The largest absolute Gasteiger partial charge is 0.462 e. The van der Waals surface area contributed by atoms with Crippen LogP contribution in [0.15, 0.2) is 0 Å². The maximum Gasteiger partial charge on any atom is 0.312 e. The Kier molecular flexibility index (Phi) is 29.2. The lowest BCUT2D eigenvalue weighted by Gasteiger charge is -2.75. The smallest absolute Gasteiger partial charge is 0.312 e. The van der Waals surface area contributed by atoms with Crippen LogP contribution in [0.4, 0.5) is 0 Å². The van der Waals surface area contributed by atoms with E-state index in [1.165, 1.54) is 0 Å². The summed E-state index contributed by atoms with van der Waals surface area (Å²) in [5.74, 6) is 0.868. The zero-order chi connectivity index (χ0) is 96.4. The molecule has 14 rings (SSSR count). The van der Waals surface area contributed by atoms with Crippen molar-refractivity contribution >= 4 is 29.8 Å². The van der Waals surface area contributed by atoms with E-state index < -0.39 is 116 Å². The third kappa shape index (κ3) is 20.9. The molecule has 14 fully saturated rings. The maximum absolute atomic E-state index is 13.2. The molecular weight excluding hydrogens is 1590 g/mol. The minimum Gasteiger partial charge on any atom is -0.462 e. The van der Waals surface area contributed by atoms with E-state index in [2.05, 4.69) is 0 Å². The average Bonchev–Trinajstić information content (AvgIpc) is 1.57. The number of rotatable bonds is 26. The van der Waals surface area contributed by atoms with Gasteiger partial charge in [-0.3, -0.25) is 24.0 Å². The second-order valence-corrected chi connectivity index (χ2v) is 53.2. The molecule has 0 amide bonds. The van der Waals surface area contributed by atoms with Crippen LogP contribution in [0.3, 0.4) is 0 Å². The Hall–Kier alpha value is -3.09. The number of esters is 5. The van der Waals surface area contributed by atoms with Crippen molar-refractivity contribution in [3.05, 3.63) is 0 Å². The maximum atomic E-state index is 13.2. The Morgan fingerprint density at radius 1 is 0.248 bits per heavy atom. The third-order valence-electron chi connectivity index (χ3n) is 36.8.